The minimum absolute atomic E-state index is 0.126. The average molecular weight is 1310 g/mol. The second-order valence-corrected chi connectivity index (χ2v) is 31.8. The highest BCUT2D eigenvalue weighted by Crippen LogP contribution is 2.64. The summed E-state index contributed by atoms with van der Waals surface area (Å²) in [5.41, 5.74) is 30.1. The standard InChI is InChI=1S/C100H69NSi/c1-10-31-68(32-11-1)70-53-58-82-84-60-55-72(65-92(84)99(90(82)63-70,74-35-14-3-15-36-74)75-37-16-4-17-38-75)96-86-49-28-29-52-94(86)101-95-62-57-81(102(78-43-22-7-23-44-78,79-45-24-8-25-46-79)80-47-26-9-27-48-80)67-89(95)97(88-51-30-50-87(96)98(88)101)73-56-61-85-83-59-54-71(69-33-12-2-13-34-69)64-91(83)100(93(85)66-73,76-39-18-5-19-40-76)77-41-20-6-21-42-77/h1-67,96-97H. The van der Waals surface area contributed by atoms with E-state index in [0.29, 0.717) is 0 Å². The van der Waals surface area contributed by atoms with Gasteiger partial charge in [0, 0.05) is 11.8 Å². The number of benzene rings is 16. The van der Waals surface area contributed by atoms with Crippen LogP contribution in [0.5, 0.6) is 0 Å². The number of para-hydroxylation sites is 2. The molecule has 0 fully saturated rings. The van der Waals surface area contributed by atoms with Crippen LogP contribution in [0.3, 0.4) is 0 Å². The third kappa shape index (κ3) is 8.76. The number of hydrogen-bond acceptors (Lipinski definition) is 1. The zero-order valence-corrected chi connectivity index (χ0v) is 57.3. The normalized spacial score (nSPS) is 15.2. The van der Waals surface area contributed by atoms with Crippen molar-refractivity contribution in [3.8, 4) is 44.5 Å². The molecule has 0 aromatic heterocycles. The molecule has 16 aromatic carbocycles. The Kier molecular flexibility index (Phi) is 14.0. The van der Waals surface area contributed by atoms with Gasteiger partial charge in [0.25, 0.3) is 0 Å². The summed E-state index contributed by atoms with van der Waals surface area (Å²) in [6, 6.07) is 155. The van der Waals surface area contributed by atoms with Crippen LogP contribution >= 0.6 is 0 Å². The lowest BCUT2D eigenvalue weighted by Gasteiger charge is -2.46. The van der Waals surface area contributed by atoms with Gasteiger partial charge < -0.3 is 4.90 Å². The zero-order valence-electron chi connectivity index (χ0n) is 56.3. The molecule has 0 saturated heterocycles. The van der Waals surface area contributed by atoms with Crippen molar-refractivity contribution in [1.29, 1.82) is 0 Å². The first kappa shape index (κ1) is 59.6. The number of hydrogen-bond donors (Lipinski definition) is 0. The molecule has 0 radical (unpaired) electrons. The van der Waals surface area contributed by atoms with Crippen molar-refractivity contribution < 1.29 is 0 Å². The SMILES string of the molecule is c1ccc(-c2ccc3c(c2)C(c2ccccc2)(c2ccccc2)c2cc(C4c5ccccc5N5c6ccc([Si](c7ccccc7)(c7ccccc7)c7ccccc7)cc6C(c6ccc7c(c6)C(c6ccccc6)(c6ccccc6)c6cc(-c8ccccc8)ccc6-7)c6cccc4c65)ccc2-3)cc1. The Bertz CT molecular complexity index is 5690. The van der Waals surface area contributed by atoms with E-state index in [1.807, 2.05) is 0 Å². The first-order chi connectivity index (χ1) is 50.6. The first-order valence-electron chi connectivity index (χ1n) is 35.9. The minimum atomic E-state index is -3.07. The summed E-state index contributed by atoms with van der Waals surface area (Å²) in [5, 5.41) is 5.39. The molecule has 0 bridgehead atoms. The Labute approximate surface area is 598 Å². The second-order valence-electron chi connectivity index (χ2n) is 28.0. The van der Waals surface area contributed by atoms with Crippen LogP contribution in [0.15, 0.2) is 406 Å². The molecular weight excluding hydrogens is 1240 g/mol. The smallest absolute Gasteiger partial charge is 0.179 e. The van der Waals surface area contributed by atoms with Gasteiger partial charge in [-0.25, -0.2) is 0 Å². The number of nitrogens with zero attached hydrogens (tertiary/aromatic N) is 1. The molecule has 2 atom stereocenters. The van der Waals surface area contributed by atoms with Gasteiger partial charge in [0.15, 0.2) is 8.07 Å². The van der Waals surface area contributed by atoms with Gasteiger partial charge in [-0.2, -0.15) is 0 Å². The lowest BCUT2D eigenvalue weighted by Crippen LogP contribution is -2.74. The van der Waals surface area contributed by atoms with Gasteiger partial charge >= 0.3 is 0 Å². The van der Waals surface area contributed by atoms with Gasteiger partial charge in [-0.05, 0) is 167 Å². The molecule has 4 aliphatic rings. The molecule has 0 spiro atoms. The third-order valence-electron chi connectivity index (χ3n) is 23.1. The highest BCUT2D eigenvalue weighted by Gasteiger charge is 2.51. The predicted octanol–water partition coefficient (Wildman–Crippen LogP) is 21.6. The van der Waals surface area contributed by atoms with Crippen molar-refractivity contribution in [3.63, 3.8) is 0 Å². The molecule has 20 rings (SSSR count). The fourth-order valence-electron chi connectivity index (χ4n) is 18.9. The van der Waals surface area contributed by atoms with Gasteiger partial charge in [0.05, 0.1) is 27.9 Å². The van der Waals surface area contributed by atoms with Gasteiger partial charge in [-0.1, -0.05) is 382 Å². The molecule has 16 aromatic rings. The summed E-state index contributed by atoms with van der Waals surface area (Å²) >= 11 is 0. The van der Waals surface area contributed by atoms with Gasteiger partial charge in [0.1, 0.15) is 0 Å². The second kappa shape index (κ2) is 23.9. The lowest BCUT2D eigenvalue weighted by molar-refractivity contribution is 0.764. The summed E-state index contributed by atoms with van der Waals surface area (Å²) in [7, 11) is -3.07. The van der Waals surface area contributed by atoms with Crippen LogP contribution in [-0.4, -0.2) is 8.07 Å². The highest BCUT2D eigenvalue weighted by molar-refractivity contribution is 7.19. The highest BCUT2D eigenvalue weighted by atomic mass is 28.3. The fraction of sp³-hybridized carbons (Fsp3) is 0.0400. The van der Waals surface area contributed by atoms with Crippen LogP contribution in [0.1, 0.15) is 89.7 Å². The number of fused-ring (bicyclic) bond motifs is 10. The van der Waals surface area contributed by atoms with E-state index >= 15 is 0 Å². The molecule has 478 valence electrons. The molecule has 2 unspecified atom stereocenters. The third-order valence-corrected chi connectivity index (χ3v) is 27.9. The van der Waals surface area contributed by atoms with E-state index < -0.39 is 18.9 Å². The molecule has 2 aliphatic carbocycles. The molecule has 2 heterocycles. The monoisotopic (exact) mass is 1310 g/mol. The van der Waals surface area contributed by atoms with Gasteiger partial charge in [0.2, 0.25) is 0 Å². The fourth-order valence-corrected chi connectivity index (χ4v) is 23.7. The predicted molar refractivity (Wildman–Crippen MR) is 425 cm³/mol. The number of rotatable bonds is 12. The van der Waals surface area contributed by atoms with Crippen molar-refractivity contribution in [2.24, 2.45) is 0 Å². The van der Waals surface area contributed by atoms with Crippen LogP contribution in [-0.2, 0) is 10.8 Å². The summed E-state index contributed by atoms with van der Waals surface area (Å²) < 4.78 is 0. The van der Waals surface area contributed by atoms with E-state index in [1.54, 1.807) is 0 Å². The Morgan fingerprint density at radius 2 is 0.539 bits per heavy atom. The van der Waals surface area contributed by atoms with E-state index in [-0.39, 0.29) is 11.8 Å². The molecule has 2 aliphatic heterocycles. The lowest BCUT2D eigenvalue weighted by atomic mass is 9.66. The van der Waals surface area contributed by atoms with E-state index in [9.17, 15) is 0 Å². The Morgan fingerprint density at radius 3 is 0.951 bits per heavy atom. The molecule has 0 N–H and O–H groups in total. The Morgan fingerprint density at radius 1 is 0.216 bits per heavy atom. The minimum Gasteiger partial charge on any atom is -0.309 e. The summed E-state index contributed by atoms with van der Waals surface area (Å²) in [5.74, 6) is -0.334. The summed E-state index contributed by atoms with van der Waals surface area (Å²) in [6.07, 6.45) is 0. The Balaban J connectivity index is 0.855. The molecule has 102 heavy (non-hydrogen) atoms. The van der Waals surface area contributed by atoms with E-state index in [4.69, 9.17) is 0 Å². The summed E-state index contributed by atoms with van der Waals surface area (Å²) in [4.78, 5) is 2.67. The van der Waals surface area contributed by atoms with Gasteiger partial charge in [-0.3, -0.25) is 0 Å². The van der Waals surface area contributed by atoms with E-state index in [1.165, 1.54) is 160 Å². The molecular formula is C100H69NSi. The van der Waals surface area contributed by atoms with Crippen LogP contribution < -0.4 is 25.6 Å². The Hall–Kier alpha value is -12.5. The van der Waals surface area contributed by atoms with Gasteiger partial charge in [-0.15, -0.1) is 0 Å². The van der Waals surface area contributed by atoms with Crippen molar-refractivity contribution in [3.05, 3.63) is 484 Å². The van der Waals surface area contributed by atoms with E-state index in [2.05, 4.69) is 411 Å². The van der Waals surface area contributed by atoms with Crippen molar-refractivity contribution >= 4 is 45.9 Å². The maximum absolute atomic E-state index is 3.07. The quantitative estimate of drug-likeness (QED) is 0.0870. The number of anilines is 3. The maximum Gasteiger partial charge on any atom is 0.179 e. The van der Waals surface area contributed by atoms with Crippen molar-refractivity contribution in [1.82, 2.24) is 0 Å². The summed E-state index contributed by atoms with van der Waals surface area (Å²) in [6.45, 7) is 0. The van der Waals surface area contributed by atoms with Crippen LogP contribution in [0.2, 0.25) is 0 Å². The van der Waals surface area contributed by atoms with Crippen molar-refractivity contribution in [2.45, 2.75) is 22.7 Å². The van der Waals surface area contributed by atoms with Crippen LogP contribution in [0, 0.1) is 0 Å². The molecule has 2 heteroatoms. The molecule has 0 amide bonds. The first-order valence-corrected chi connectivity index (χ1v) is 37.9. The average Bonchev–Trinajstić information content (AvgIpc) is 1.35. The van der Waals surface area contributed by atoms with Crippen molar-refractivity contribution in [2.75, 3.05) is 4.90 Å². The molecule has 1 nitrogen and oxygen atoms in total. The van der Waals surface area contributed by atoms with Crippen LogP contribution in [0.4, 0.5) is 17.1 Å². The largest absolute Gasteiger partial charge is 0.309 e. The van der Waals surface area contributed by atoms with Crippen LogP contribution in [0.25, 0.3) is 44.5 Å². The topological polar surface area (TPSA) is 3.24 Å². The zero-order chi connectivity index (χ0) is 67.4. The maximum atomic E-state index is 2.67. The molecule has 0 saturated carbocycles. The van der Waals surface area contributed by atoms with E-state index in [0.717, 1.165) is 0 Å².